The number of aromatic nitrogens is 2. The highest BCUT2D eigenvalue weighted by Gasteiger charge is 2.17. The predicted octanol–water partition coefficient (Wildman–Crippen LogP) is 5.06. The van der Waals surface area contributed by atoms with Crippen molar-refractivity contribution >= 4 is 34.8 Å². The van der Waals surface area contributed by atoms with Gasteiger partial charge in [-0.3, -0.25) is 0 Å². The van der Waals surface area contributed by atoms with E-state index < -0.39 is 0 Å². The van der Waals surface area contributed by atoms with Crippen LogP contribution in [0.15, 0.2) is 18.2 Å². The SMILES string of the molecule is CCCc1c(Cl)nc(-c2c(Cl)cccc2OC)nc1Cl. The lowest BCUT2D eigenvalue weighted by molar-refractivity contribution is 0.416. The van der Waals surface area contributed by atoms with E-state index in [1.165, 1.54) is 0 Å². The van der Waals surface area contributed by atoms with Crippen LogP contribution in [0, 0.1) is 0 Å². The van der Waals surface area contributed by atoms with Crippen molar-refractivity contribution in [2.45, 2.75) is 19.8 Å². The molecule has 2 aromatic rings. The molecule has 2 rings (SSSR count). The van der Waals surface area contributed by atoms with Gasteiger partial charge in [-0.2, -0.15) is 0 Å². The molecule has 3 nitrogen and oxygen atoms in total. The Bertz CT molecular complexity index is 609. The zero-order valence-electron chi connectivity index (χ0n) is 11.1. The number of halogens is 3. The van der Waals surface area contributed by atoms with Crippen LogP contribution in [-0.2, 0) is 6.42 Å². The molecule has 0 fully saturated rings. The molecule has 1 aromatic carbocycles. The summed E-state index contributed by atoms with van der Waals surface area (Å²) in [4.78, 5) is 8.60. The van der Waals surface area contributed by atoms with E-state index in [0.29, 0.717) is 32.5 Å². The predicted molar refractivity (Wildman–Crippen MR) is 83.0 cm³/mol. The van der Waals surface area contributed by atoms with Gasteiger partial charge in [-0.15, -0.1) is 0 Å². The molecule has 0 aliphatic rings. The van der Waals surface area contributed by atoms with Gasteiger partial charge in [-0.25, -0.2) is 9.97 Å². The van der Waals surface area contributed by atoms with Gasteiger partial charge in [0.15, 0.2) is 5.82 Å². The third kappa shape index (κ3) is 3.00. The highest BCUT2D eigenvalue weighted by Crippen LogP contribution is 2.36. The number of methoxy groups -OCH3 is 1. The van der Waals surface area contributed by atoms with Crippen molar-refractivity contribution in [3.8, 4) is 17.1 Å². The summed E-state index contributed by atoms with van der Waals surface area (Å²) in [5.41, 5.74) is 1.34. The molecule has 6 heteroatoms. The first-order chi connectivity index (χ1) is 9.58. The van der Waals surface area contributed by atoms with Crippen LogP contribution in [0.2, 0.25) is 15.3 Å². The van der Waals surface area contributed by atoms with E-state index in [1.54, 1.807) is 25.3 Å². The van der Waals surface area contributed by atoms with E-state index in [-0.39, 0.29) is 0 Å². The number of hydrogen-bond donors (Lipinski definition) is 0. The fourth-order valence-electron chi connectivity index (χ4n) is 1.89. The highest BCUT2D eigenvalue weighted by atomic mass is 35.5. The molecule has 0 aliphatic heterocycles. The minimum absolute atomic E-state index is 0.351. The van der Waals surface area contributed by atoms with Crippen molar-refractivity contribution in [3.63, 3.8) is 0 Å². The topological polar surface area (TPSA) is 35.0 Å². The van der Waals surface area contributed by atoms with Gasteiger partial charge in [0.2, 0.25) is 0 Å². The van der Waals surface area contributed by atoms with Crippen molar-refractivity contribution in [1.82, 2.24) is 9.97 Å². The third-order valence-corrected chi connectivity index (χ3v) is 3.77. The Morgan fingerprint density at radius 1 is 1.10 bits per heavy atom. The second-order valence-electron chi connectivity index (χ2n) is 4.17. The molecule has 0 aliphatic carbocycles. The summed E-state index contributed by atoms with van der Waals surface area (Å²) < 4.78 is 5.29. The van der Waals surface area contributed by atoms with E-state index in [9.17, 15) is 0 Å². The fraction of sp³-hybridized carbons (Fsp3) is 0.286. The highest BCUT2D eigenvalue weighted by molar-refractivity contribution is 6.35. The average Bonchev–Trinajstić information content (AvgIpc) is 2.42. The molecule has 0 spiro atoms. The van der Waals surface area contributed by atoms with Crippen LogP contribution >= 0.6 is 34.8 Å². The largest absolute Gasteiger partial charge is 0.496 e. The summed E-state index contributed by atoms with van der Waals surface area (Å²) >= 11 is 18.6. The van der Waals surface area contributed by atoms with Crippen molar-refractivity contribution in [3.05, 3.63) is 39.1 Å². The van der Waals surface area contributed by atoms with Gasteiger partial charge in [0.05, 0.1) is 17.7 Å². The van der Waals surface area contributed by atoms with Crippen LogP contribution in [0.1, 0.15) is 18.9 Å². The minimum atomic E-state index is 0.351. The zero-order chi connectivity index (χ0) is 14.7. The maximum Gasteiger partial charge on any atom is 0.167 e. The Balaban J connectivity index is 2.60. The van der Waals surface area contributed by atoms with Crippen LogP contribution in [0.4, 0.5) is 0 Å². The number of ether oxygens (including phenoxy) is 1. The van der Waals surface area contributed by atoms with Gasteiger partial charge in [0, 0.05) is 5.56 Å². The number of rotatable bonds is 4. The van der Waals surface area contributed by atoms with Crippen LogP contribution in [0.5, 0.6) is 5.75 Å². The van der Waals surface area contributed by atoms with Crippen molar-refractivity contribution in [1.29, 1.82) is 0 Å². The average molecular weight is 332 g/mol. The van der Waals surface area contributed by atoms with Crippen LogP contribution in [0.3, 0.4) is 0 Å². The molecule has 0 amide bonds. The maximum atomic E-state index is 6.20. The van der Waals surface area contributed by atoms with E-state index in [1.807, 2.05) is 6.92 Å². The van der Waals surface area contributed by atoms with E-state index >= 15 is 0 Å². The quantitative estimate of drug-likeness (QED) is 0.734. The lowest BCUT2D eigenvalue weighted by atomic mass is 10.1. The summed E-state index contributed by atoms with van der Waals surface area (Å²) in [6.07, 6.45) is 1.65. The number of nitrogens with zero attached hydrogens (tertiary/aromatic N) is 2. The Morgan fingerprint density at radius 3 is 2.30 bits per heavy atom. The van der Waals surface area contributed by atoms with Gasteiger partial charge < -0.3 is 4.74 Å². The molecule has 0 N–H and O–H groups in total. The molecular weight excluding hydrogens is 319 g/mol. The third-order valence-electron chi connectivity index (χ3n) is 2.83. The Kier molecular flexibility index (Phi) is 5.08. The number of hydrogen-bond acceptors (Lipinski definition) is 3. The van der Waals surface area contributed by atoms with E-state index in [4.69, 9.17) is 39.5 Å². The molecule has 0 bridgehead atoms. The van der Waals surface area contributed by atoms with Gasteiger partial charge in [0.25, 0.3) is 0 Å². The monoisotopic (exact) mass is 330 g/mol. The minimum Gasteiger partial charge on any atom is -0.496 e. The van der Waals surface area contributed by atoms with Crippen molar-refractivity contribution < 1.29 is 4.74 Å². The van der Waals surface area contributed by atoms with E-state index in [0.717, 1.165) is 18.4 Å². The lowest BCUT2D eigenvalue weighted by Crippen LogP contribution is -1.99. The van der Waals surface area contributed by atoms with Gasteiger partial charge in [0.1, 0.15) is 16.1 Å². The summed E-state index contributed by atoms with van der Waals surface area (Å²) in [5, 5.41) is 1.19. The molecule has 1 aromatic heterocycles. The fourth-order valence-corrected chi connectivity index (χ4v) is 2.72. The van der Waals surface area contributed by atoms with E-state index in [2.05, 4.69) is 9.97 Å². The maximum absolute atomic E-state index is 6.20. The molecule has 0 saturated heterocycles. The summed E-state index contributed by atoms with van der Waals surface area (Å²) in [7, 11) is 1.56. The smallest absolute Gasteiger partial charge is 0.167 e. The molecule has 0 atom stereocenters. The molecule has 1 heterocycles. The second-order valence-corrected chi connectivity index (χ2v) is 5.30. The molecule has 20 heavy (non-hydrogen) atoms. The summed E-state index contributed by atoms with van der Waals surface area (Å²) in [6.45, 7) is 2.04. The second kappa shape index (κ2) is 6.61. The molecule has 0 saturated carbocycles. The van der Waals surface area contributed by atoms with Crippen molar-refractivity contribution in [2.24, 2.45) is 0 Å². The molecule has 0 unspecified atom stereocenters. The summed E-state index contributed by atoms with van der Waals surface area (Å²) in [5.74, 6) is 0.940. The zero-order valence-corrected chi connectivity index (χ0v) is 13.4. The molecular formula is C14H13Cl3N2O. The Labute approximate surface area is 132 Å². The van der Waals surface area contributed by atoms with Gasteiger partial charge in [-0.05, 0) is 18.6 Å². The van der Waals surface area contributed by atoms with Gasteiger partial charge >= 0.3 is 0 Å². The van der Waals surface area contributed by atoms with Crippen molar-refractivity contribution in [2.75, 3.05) is 7.11 Å². The number of benzene rings is 1. The normalized spacial score (nSPS) is 10.7. The van der Waals surface area contributed by atoms with Crippen LogP contribution in [0.25, 0.3) is 11.4 Å². The molecule has 0 radical (unpaired) electrons. The first-order valence-corrected chi connectivity index (χ1v) is 7.26. The van der Waals surface area contributed by atoms with Gasteiger partial charge in [-0.1, -0.05) is 54.2 Å². The standard InChI is InChI=1S/C14H13Cl3N2O/c1-3-5-8-12(16)18-14(19-13(8)17)11-9(15)6-4-7-10(11)20-2/h4,6-7H,3,5H2,1-2H3. The first kappa shape index (κ1) is 15.4. The van der Waals surface area contributed by atoms with Crippen LogP contribution < -0.4 is 4.74 Å². The first-order valence-electron chi connectivity index (χ1n) is 6.13. The summed E-state index contributed by atoms with van der Waals surface area (Å²) in [6, 6.07) is 5.32. The Morgan fingerprint density at radius 2 is 1.75 bits per heavy atom. The Hall–Kier alpha value is -1.03. The molecule has 106 valence electrons. The lowest BCUT2D eigenvalue weighted by Gasteiger charge is -2.11. The van der Waals surface area contributed by atoms with Crippen LogP contribution in [-0.4, -0.2) is 17.1 Å².